The third kappa shape index (κ3) is 3.12. The van der Waals surface area contributed by atoms with Crippen molar-refractivity contribution in [3.8, 4) is 0 Å². The monoisotopic (exact) mass is 167 g/mol. The first-order valence-corrected chi connectivity index (χ1v) is 3.66. The first kappa shape index (κ1) is 10.8. The van der Waals surface area contributed by atoms with Crippen LogP contribution in [0.3, 0.4) is 0 Å². The minimum atomic E-state index is -4.07. The molecule has 0 nitrogen and oxygen atoms in total. The molecule has 0 aromatic heterocycles. The van der Waals surface area contributed by atoms with Crippen molar-refractivity contribution in [3.05, 3.63) is 6.42 Å². The molecule has 3 heteroatoms. The Morgan fingerprint density at radius 2 is 1.64 bits per heavy atom. The van der Waals surface area contributed by atoms with Gasteiger partial charge in [-0.25, -0.2) is 0 Å². The highest BCUT2D eigenvalue weighted by Gasteiger charge is 2.46. The number of halogens is 3. The Labute approximate surface area is 65.8 Å². The summed E-state index contributed by atoms with van der Waals surface area (Å²) < 4.78 is 36.4. The van der Waals surface area contributed by atoms with Gasteiger partial charge in [-0.05, 0) is 19.3 Å². The van der Waals surface area contributed by atoms with Crippen LogP contribution in [0.4, 0.5) is 13.2 Å². The fourth-order valence-corrected chi connectivity index (χ4v) is 0.647. The molecule has 67 valence electrons. The van der Waals surface area contributed by atoms with Crippen molar-refractivity contribution in [1.82, 2.24) is 0 Å². The van der Waals surface area contributed by atoms with Crippen LogP contribution in [-0.2, 0) is 0 Å². The van der Waals surface area contributed by atoms with Gasteiger partial charge in [-0.2, -0.15) is 13.2 Å². The largest absolute Gasteiger partial charge is 0.393 e. The zero-order chi connectivity index (χ0) is 9.12. The van der Waals surface area contributed by atoms with E-state index < -0.39 is 11.6 Å². The summed E-state index contributed by atoms with van der Waals surface area (Å²) in [4.78, 5) is 0. The van der Waals surface area contributed by atoms with Crippen molar-refractivity contribution < 1.29 is 13.2 Å². The van der Waals surface area contributed by atoms with E-state index in [4.69, 9.17) is 0 Å². The molecule has 0 heterocycles. The highest BCUT2D eigenvalue weighted by atomic mass is 19.4. The molecule has 0 aromatic carbocycles. The summed E-state index contributed by atoms with van der Waals surface area (Å²) in [6.45, 7) is 4.24. The molecule has 1 radical (unpaired) electrons. The maximum Gasteiger partial charge on any atom is 0.393 e. The molecule has 0 atom stereocenters. The lowest BCUT2D eigenvalue weighted by Gasteiger charge is -2.27. The molecule has 0 aliphatic rings. The molecular formula is C8H14F3. The Kier molecular flexibility index (Phi) is 3.39. The van der Waals surface area contributed by atoms with Crippen molar-refractivity contribution in [3.63, 3.8) is 0 Å². The smallest absolute Gasteiger partial charge is 0.171 e. The van der Waals surface area contributed by atoms with Gasteiger partial charge in [-0.3, -0.25) is 0 Å². The number of alkyl halides is 3. The predicted octanol–water partition coefficient (Wildman–Crippen LogP) is 3.58. The second-order valence-corrected chi connectivity index (χ2v) is 3.33. The molecule has 0 N–H and O–H groups in total. The summed E-state index contributed by atoms with van der Waals surface area (Å²) in [6.07, 6.45) is -1.62. The molecular weight excluding hydrogens is 153 g/mol. The number of hydrogen-bond donors (Lipinski definition) is 0. The van der Waals surface area contributed by atoms with E-state index in [1.807, 2.05) is 0 Å². The van der Waals surface area contributed by atoms with Gasteiger partial charge in [-0.15, -0.1) is 0 Å². The van der Waals surface area contributed by atoms with E-state index >= 15 is 0 Å². The van der Waals surface area contributed by atoms with Gasteiger partial charge < -0.3 is 0 Å². The van der Waals surface area contributed by atoms with E-state index in [9.17, 15) is 13.2 Å². The van der Waals surface area contributed by atoms with Crippen molar-refractivity contribution in [1.29, 1.82) is 0 Å². The van der Waals surface area contributed by atoms with Gasteiger partial charge in [0.1, 0.15) is 0 Å². The van der Waals surface area contributed by atoms with Gasteiger partial charge in [0.2, 0.25) is 0 Å². The predicted molar refractivity (Wildman–Crippen MR) is 39.0 cm³/mol. The van der Waals surface area contributed by atoms with Crippen molar-refractivity contribution in [2.24, 2.45) is 5.41 Å². The van der Waals surface area contributed by atoms with E-state index in [-0.39, 0.29) is 6.42 Å². The normalized spacial score (nSPS) is 13.6. The molecule has 0 rings (SSSR count). The van der Waals surface area contributed by atoms with Crippen LogP contribution in [0, 0.1) is 11.8 Å². The molecule has 0 unspecified atom stereocenters. The summed E-state index contributed by atoms with van der Waals surface area (Å²) in [6, 6.07) is 0. The van der Waals surface area contributed by atoms with E-state index in [0.29, 0.717) is 6.42 Å². The number of rotatable bonds is 3. The van der Waals surface area contributed by atoms with Gasteiger partial charge >= 0.3 is 6.18 Å². The van der Waals surface area contributed by atoms with Gasteiger partial charge in [0, 0.05) is 0 Å². The second-order valence-electron chi connectivity index (χ2n) is 3.33. The highest BCUT2D eigenvalue weighted by Crippen LogP contribution is 2.41. The number of unbranched alkanes of at least 4 members (excludes halogenated alkanes) is 1. The summed E-state index contributed by atoms with van der Waals surface area (Å²) in [5, 5.41) is 0. The highest BCUT2D eigenvalue weighted by molar-refractivity contribution is 4.78. The Morgan fingerprint density at radius 1 is 1.18 bits per heavy atom. The van der Waals surface area contributed by atoms with Crippen LogP contribution in [-0.4, -0.2) is 6.18 Å². The van der Waals surface area contributed by atoms with E-state index in [1.54, 1.807) is 13.3 Å². The van der Waals surface area contributed by atoms with Crippen LogP contribution in [0.5, 0.6) is 0 Å². The fourth-order valence-electron chi connectivity index (χ4n) is 0.647. The van der Waals surface area contributed by atoms with E-state index in [2.05, 4.69) is 0 Å². The standard InChI is InChI=1S/C8H14F3/c1-4-5-6-7(2,3)8(9,10)11/h4H,5-6H2,1-3H3. The Bertz CT molecular complexity index is 113. The first-order chi connectivity index (χ1) is 4.81. The molecule has 0 spiro atoms. The van der Waals surface area contributed by atoms with Crippen LogP contribution in [0.1, 0.15) is 33.6 Å². The van der Waals surface area contributed by atoms with Crippen molar-refractivity contribution in [2.75, 3.05) is 0 Å². The zero-order valence-corrected chi connectivity index (χ0v) is 7.13. The lowest BCUT2D eigenvalue weighted by molar-refractivity contribution is -0.213. The van der Waals surface area contributed by atoms with E-state index in [1.165, 1.54) is 13.8 Å². The average molecular weight is 167 g/mol. The number of hydrogen-bond acceptors (Lipinski definition) is 0. The van der Waals surface area contributed by atoms with Crippen molar-refractivity contribution >= 4 is 0 Å². The molecule has 0 amide bonds. The maximum absolute atomic E-state index is 12.1. The summed E-state index contributed by atoms with van der Waals surface area (Å²) in [7, 11) is 0. The topological polar surface area (TPSA) is 0 Å². The molecule has 11 heavy (non-hydrogen) atoms. The molecule has 0 fully saturated rings. The van der Waals surface area contributed by atoms with Crippen molar-refractivity contribution in [2.45, 2.75) is 39.8 Å². The lowest BCUT2D eigenvalue weighted by Crippen LogP contribution is -2.31. The molecule has 0 saturated heterocycles. The van der Waals surface area contributed by atoms with Crippen LogP contribution in [0.2, 0.25) is 0 Å². The second kappa shape index (κ2) is 3.46. The zero-order valence-electron chi connectivity index (χ0n) is 7.13. The fraction of sp³-hybridized carbons (Fsp3) is 0.875. The summed E-state index contributed by atoms with van der Waals surface area (Å²) in [5.74, 6) is 0. The Hall–Kier alpha value is -0.210. The Balaban J connectivity index is 4.00. The van der Waals surface area contributed by atoms with Gasteiger partial charge in [0.25, 0.3) is 0 Å². The lowest BCUT2D eigenvalue weighted by atomic mass is 9.87. The third-order valence-corrected chi connectivity index (χ3v) is 1.83. The van der Waals surface area contributed by atoms with Gasteiger partial charge in [0.05, 0.1) is 5.41 Å². The minimum Gasteiger partial charge on any atom is -0.171 e. The molecule has 0 saturated carbocycles. The van der Waals surface area contributed by atoms with Crippen LogP contribution < -0.4 is 0 Å². The SMILES string of the molecule is C[CH]CCC(C)(C)C(F)(F)F. The first-order valence-electron chi connectivity index (χ1n) is 3.66. The van der Waals surface area contributed by atoms with Crippen LogP contribution in [0.15, 0.2) is 0 Å². The molecule has 0 aliphatic heterocycles. The molecule has 0 bridgehead atoms. The minimum absolute atomic E-state index is 0.174. The van der Waals surface area contributed by atoms with E-state index in [0.717, 1.165) is 0 Å². The van der Waals surface area contributed by atoms with Crippen LogP contribution >= 0.6 is 0 Å². The quantitative estimate of drug-likeness (QED) is 0.602. The van der Waals surface area contributed by atoms with Gasteiger partial charge in [0.15, 0.2) is 0 Å². The summed E-state index contributed by atoms with van der Waals surface area (Å²) in [5.41, 5.74) is -1.54. The molecule has 0 aliphatic carbocycles. The Morgan fingerprint density at radius 3 is 1.91 bits per heavy atom. The van der Waals surface area contributed by atoms with Gasteiger partial charge in [-0.1, -0.05) is 20.8 Å². The van der Waals surface area contributed by atoms with Crippen LogP contribution in [0.25, 0.3) is 0 Å². The third-order valence-electron chi connectivity index (χ3n) is 1.83. The average Bonchev–Trinajstić information content (AvgIpc) is 1.81. The summed E-state index contributed by atoms with van der Waals surface area (Å²) >= 11 is 0. The molecule has 0 aromatic rings. The maximum atomic E-state index is 12.1.